The summed E-state index contributed by atoms with van der Waals surface area (Å²) in [5.74, 6) is 0.430. The lowest BCUT2D eigenvalue weighted by atomic mass is 9.92. The zero-order valence-corrected chi connectivity index (χ0v) is 15.6. The summed E-state index contributed by atoms with van der Waals surface area (Å²) < 4.78 is 6.94. The molecule has 0 spiro atoms. The predicted octanol–water partition coefficient (Wildman–Crippen LogP) is 3.87. The van der Waals surface area contributed by atoms with Crippen LogP contribution in [0.15, 0.2) is 56.7 Å². The van der Waals surface area contributed by atoms with Gasteiger partial charge in [-0.1, -0.05) is 23.7 Å². The van der Waals surface area contributed by atoms with Crippen LogP contribution in [0.3, 0.4) is 0 Å². The molecule has 4 aromatic rings. The smallest absolute Gasteiger partial charge is 0.333 e. The molecule has 7 heteroatoms. The molecule has 0 aliphatic heterocycles. The van der Waals surface area contributed by atoms with E-state index in [9.17, 15) is 9.59 Å². The monoisotopic (exact) mass is 393 g/mol. The number of hydrogen-bond acceptors (Lipinski definition) is 4. The lowest BCUT2D eigenvalue weighted by Crippen LogP contribution is -2.34. The van der Waals surface area contributed by atoms with Gasteiger partial charge in [-0.2, -0.15) is 0 Å². The molecule has 0 unspecified atom stereocenters. The molecule has 1 aliphatic carbocycles. The summed E-state index contributed by atoms with van der Waals surface area (Å²) in [4.78, 5) is 32.9. The summed E-state index contributed by atoms with van der Waals surface area (Å²) in [5, 5.41) is 0.505. The Labute approximate surface area is 164 Å². The van der Waals surface area contributed by atoms with Gasteiger partial charge in [0.05, 0.1) is 22.4 Å². The maximum atomic E-state index is 13.2. The highest BCUT2D eigenvalue weighted by Crippen LogP contribution is 2.31. The van der Waals surface area contributed by atoms with Crippen LogP contribution in [0.2, 0.25) is 5.02 Å². The van der Waals surface area contributed by atoms with Crippen molar-refractivity contribution in [2.75, 3.05) is 0 Å². The highest BCUT2D eigenvalue weighted by atomic mass is 35.5. The Hall–Kier alpha value is -3.12. The number of nitrogens with zero attached hydrogens (tertiary/aromatic N) is 2. The zero-order valence-electron chi connectivity index (χ0n) is 14.9. The molecule has 0 saturated carbocycles. The van der Waals surface area contributed by atoms with E-state index in [2.05, 4.69) is 9.97 Å². The second-order valence-electron chi connectivity index (χ2n) is 6.91. The molecule has 1 aliphatic rings. The Kier molecular flexibility index (Phi) is 3.94. The van der Waals surface area contributed by atoms with E-state index in [0.29, 0.717) is 27.6 Å². The molecule has 0 bridgehead atoms. The van der Waals surface area contributed by atoms with E-state index in [4.69, 9.17) is 16.0 Å². The molecule has 0 fully saturated rings. The quantitative estimate of drug-likeness (QED) is 0.560. The first-order valence-corrected chi connectivity index (χ1v) is 9.51. The molecule has 6 nitrogen and oxygen atoms in total. The third-order valence-corrected chi connectivity index (χ3v) is 5.53. The van der Waals surface area contributed by atoms with Gasteiger partial charge < -0.3 is 9.40 Å². The number of fused-ring (bicyclic) bond motifs is 2. The minimum atomic E-state index is -0.509. The van der Waals surface area contributed by atoms with Crippen molar-refractivity contribution >= 4 is 22.7 Å². The fourth-order valence-corrected chi connectivity index (χ4v) is 4.08. The summed E-state index contributed by atoms with van der Waals surface area (Å²) in [6.07, 6.45) is 7.23. The van der Waals surface area contributed by atoms with Crippen molar-refractivity contribution in [3.8, 4) is 17.0 Å². The van der Waals surface area contributed by atoms with Gasteiger partial charge in [0.1, 0.15) is 5.76 Å². The van der Waals surface area contributed by atoms with Gasteiger partial charge in [0, 0.05) is 17.8 Å². The van der Waals surface area contributed by atoms with Gasteiger partial charge in [-0.15, -0.1) is 0 Å². The molecule has 1 N–H and O–H groups in total. The number of aromatic amines is 1. The van der Waals surface area contributed by atoms with Crippen LogP contribution in [0.4, 0.5) is 0 Å². The highest BCUT2D eigenvalue weighted by Gasteiger charge is 2.20. The SMILES string of the molecule is O=c1[nH]c2cc(-c3ccccc3Cl)oc2c(=O)n1-c1cncc2c1CCCC2. The number of H-pyrrole nitrogens is 1. The average molecular weight is 394 g/mol. The normalized spacial score (nSPS) is 13.6. The molecule has 28 heavy (non-hydrogen) atoms. The molecule has 0 radical (unpaired) electrons. The Morgan fingerprint density at radius 1 is 1.11 bits per heavy atom. The van der Waals surface area contributed by atoms with Crippen LogP contribution >= 0.6 is 11.6 Å². The second-order valence-corrected chi connectivity index (χ2v) is 7.31. The van der Waals surface area contributed by atoms with Crippen LogP contribution in [0.1, 0.15) is 24.0 Å². The van der Waals surface area contributed by atoms with Crippen LogP contribution in [0, 0.1) is 0 Å². The molecule has 140 valence electrons. The fourth-order valence-electron chi connectivity index (χ4n) is 3.85. The van der Waals surface area contributed by atoms with E-state index in [0.717, 1.165) is 41.4 Å². The van der Waals surface area contributed by atoms with E-state index in [-0.39, 0.29) is 5.58 Å². The molecule has 1 aromatic carbocycles. The van der Waals surface area contributed by atoms with Gasteiger partial charge >= 0.3 is 11.2 Å². The van der Waals surface area contributed by atoms with E-state index in [1.54, 1.807) is 24.4 Å². The van der Waals surface area contributed by atoms with E-state index in [1.165, 1.54) is 0 Å². The summed E-state index contributed by atoms with van der Waals surface area (Å²) >= 11 is 6.24. The van der Waals surface area contributed by atoms with Gasteiger partial charge in [0.2, 0.25) is 5.58 Å². The molecular weight excluding hydrogens is 378 g/mol. The maximum absolute atomic E-state index is 13.2. The number of halogens is 1. The van der Waals surface area contributed by atoms with E-state index >= 15 is 0 Å². The van der Waals surface area contributed by atoms with Crippen LogP contribution < -0.4 is 11.2 Å². The molecule has 0 amide bonds. The summed E-state index contributed by atoms with van der Waals surface area (Å²) in [6, 6.07) is 8.82. The molecule has 3 heterocycles. The first-order valence-electron chi connectivity index (χ1n) is 9.13. The van der Waals surface area contributed by atoms with Crippen molar-refractivity contribution in [2.45, 2.75) is 25.7 Å². The van der Waals surface area contributed by atoms with E-state index < -0.39 is 11.2 Å². The number of benzene rings is 1. The number of pyridine rings is 1. The first kappa shape index (κ1) is 17.0. The molecule has 5 rings (SSSR count). The van der Waals surface area contributed by atoms with Crippen LogP contribution in [0.25, 0.3) is 28.1 Å². The van der Waals surface area contributed by atoms with Gasteiger partial charge in [-0.3, -0.25) is 9.78 Å². The van der Waals surface area contributed by atoms with Crippen LogP contribution in [-0.2, 0) is 12.8 Å². The molecule has 3 aromatic heterocycles. The molecule has 0 saturated heterocycles. The van der Waals surface area contributed by atoms with Crippen molar-refractivity contribution in [1.82, 2.24) is 14.5 Å². The second kappa shape index (κ2) is 6.49. The largest absolute Gasteiger partial charge is 0.449 e. The number of nitrogens with one attached hydrogen (secondary N) is 1. The maximum Gasteiger partial charge on any atom is 0.333 e. The van der Waals surface area contributed by atoms with Crippen molar-refractivity contribution in [1.29, 1.82) is 0 Å². The molecular formula is C21H16ClN3O3. The van der Waals surface area contributed by atoms with E-state index in [1.807, 2.05) is 18.3 Å². The summed E-state index contributed by atoms with van der Waals surface area (Å²) in [7, 11) is 0. The number of aryl methyl sites for hydroxylation is 1. The minimum Gasteiger partial charge on any atom is -0.449 e. The first-order chi connectivity index (χ1) is 13.6. The lowest BCUT2D eigenvalue weighted by Gasteiger charge is -2.18. The summed E-state index contributed by atoms with van der Waals surface area (Å²) in [6.45, 7) is 0. The van der Waals surface area contributed by atoms with Crippen molar-refractivity contribution in [3.05, 3.63) is 79.7 Å². The van der Waals surface area contributed by atoms with Gasteiger partial charge in [-0.25, -0.2) is 9.36 Å². The van der Waals surface area contributed by atoms with Crippen LogP contribution in [0.5, 0.6) is 0 Å². The van der Waals surface area contributed by atoms with Crippen molar-refractivity contribution in [2.24, 2.45) is 0 Å². The number of rotatable bonds is 2. The standard InChI is InChI=1S/C21H16ClN3O3/c22-15-8-4-3-7-14(15)18-9-16-19(28-18)20(26)25(21(27)24-16)17-11-23-10-12-5-1-2-6-13(12)17/h3-4,7-11H,1-2,5-6H2,(H,24,27). The van der Waals surface area contributed by atoms with Gasteiger partial charge in [-0.05, 0) is 48.9 Å². The van der Waals surface area contributed by atoms with Gasteiger partial charge in [0.15, 0.2) is 0 Å². The third kappa shape index (κ3) is 2.60. The number of aromatic nitrogens is 3. The number of hydrogen-bond donors (Lipinski definition) is 1. The zero-order chi connectivity index (χ0) is 19.3. The highest BCUT2D eigenvalue weighted by molar-refractivity contribution is 6.33. The van der Waals surface area contributed by atoms with Crippen molar-refractivity contribution in [3.63, 3.8) is 0 Å². The van der Waals surface area contributed by atoms with Crippen LogP contribution in [-0.4, -0.2) is 14.5 Å². The van der Waals surface area contributed by atoms with Gasteiger partial charge in [0.25, 0.3) is 0 Å². The Morgan fingerprint density at radius 3 is 2.79 bits per heavy atom. The third-order valence-electron chi connectivity index (χ3n) is 5.20. The average Bonchev–Trinajstić information content (AvgIpc) is 3.12. The number of furan rings is 1. The Bertz CT molecular complexity index is 1330. The predicted molar refractivity (Wildman–Crippen MR) is 107 cm³/mol. The lowest BCUT2D eigenvalue weighted by molar-refractivity contribution is 0.619. The van der Waals surface area contributed by atoms with Crippen molar-refractivity contribution < 1.29 is 4.42 Å². The summed E-state index contributed by atoms with van der Waals surface area (Å²) in [5.41, 5.74) is 2.70. The Balaban J connectivity index is 1.76. The Morgan fingerprint density at radius 2 is 1.93 bits per heavy atom. The minimum absolute atomic E-state index is 0.0860. The fraction of sp³-hybridized carbons (Fsp3) is 0.190. The molecule has 0 atom stereocenters. The topological polar surface area (TPSA) is 80.9 Å².